The second-order valence-corrected chi connectivity index (χ2v) is 17.8. The van der Waals surface area contributed by atoms with Crippen molar-refractivity contribution in [3.05, 3.63) is 60.8 Å². The Hall–Kier alpha value is -2.29. The maximum atomic E-state index is 12.7. The minimum absolute atomic E-state index is 0.0423. The molecule has 336 valence electrons. The van der Waals surface area contributed by atoms with Crippen LogP contribution in [0.2, 0.25) is 0 Å². The second kappa shape index (κ2) is 40.1. The third-order valence-electron chi connectivity index (χ3n) is 9.51. The van der Waals surface area contributed by atoms with E-state index in [1.54, 1.807) is 0 Å². The van der Waals surface area contributed by atoms with Crippen LogP contribution in [0.3, 0.4) is 0 Å². The van der Waals surface area contributed by atoms with E-state index in [9.17, 15) is 19.0 Å². The van der Waals surface area contributed by atoms with E-state index in [0.717, 1.165) is 57.8 Å². The highest BCUT2D eigenvalue weighted by Gasteiger charge is 2.21. The fourth-order valence-corrected chi connectivity index (χ4v) is 6.60. The monoisotopic (exact) mass is 836 g/mol. The van der Waals surface area contributed by atoms with E-state index in [1.165, 1.54) is 83.5 Å². The highest BCUT2D eigenvalue weighted by molar-refractivity contribution is 7.45. The van der Waals surface area contributed by atoms with Gasteiger partial charge in [0.25, 0.3) is 7.82 Å². The minimum atomic E-state index is -4.64. The van der Waals surface area contributed by atoms with E-state index in [1.807, 2.05) is 21.1 Å². The molecule has 0 N–H and O–H groups in total. The first-order valence-electron chi connectivity index (χ1n) is 23.0. The van der Waals surface area contributed by atoms with Crippen molar-refractivity contribution in [2.75, 3.05) is 47.5 Å². The summed E-state index contributed by atoms with van der Waals surface area (Å²) in [4.78, 5) is 37.6. The van der Waals surface area contributed by atoms with Crippen LogP contribution < -0.4 is 4.89 Å². The number of esters is 2. The summed E-state index contributed by atoms with van der Waals surface area (Å²) < 4.78 is 33.9. The molecule has 0 aromatic heterocycles. The van der Waals surface area contributed by atoms with E-state index in [0.29, 0.717) is 23.9 Å². The van der Waals surface area contributed by atoms with Crippen LogP contribution in [0, 0.1) is 0 Å². The van der Waals surface area contributed by atoms with Gasteiger partial charge >= 0.3 is 11.9 Å². The van der Waals surface area contributed by atoms with Crippen LogP contribution in [0.25, 0.3) is 0 Å². The van der Waals surface area contributed by atoms with Gasteiger partial charge in [0.1, 0.15) is 19.8 Å². The van der Waals surface area contributed by atoms with Gasteiger partial charge in [0.05, 0.1) is 27.7 Å². The lowest BCUT2D eigenvalue weighted by Gasteiger charge is -2.28. The fraction of sp³-hybridized carbons (Fsp3) is 0.750. The molecule has 58 heavy (non-hydrogen) atoms. The van der Waals surface area contributed by atoms with Gasteiger partial charge in [0.15, 0.2) is 6.10 Å². The minimum Gasteiger partial charge on any atom is -0.756 e. The Kier molecular flexibility index (Phi) is 38.5. The molecule has 0 bridgehead atoms. The Bertz CT molecular complexity index is 1170. The summed E-state index contributed by atoms with van der Waals surface area (Å²) in [5.41, 5.74) is 0. The Balaban J connectivity index is 4.44. The number of likely N-dealkylation sites (N-methyl/N-ethyl adjacent to an activating group) is 1. The summed E-state index contributed by atoms with van der Waals surface area (Å²) in [5, 5.41) is 0. The van der Waals surface area contributed by atoms with Gasteiger partial charge in [0.2, 0.25) is 0 Å². The molecule has 0 saturated heterocycles. The average molecular weight is 836 g/mol. The van der Waals surface area contributed by atoms with Gasteiger partial charge in [-0.2, -0.15) is 0 Å². The molecule has 0 spiro atoms. The van der Waals surface area contributed by atoms with Crippen molar-refractivity contribution >= 4 is 19.8 Å². The fourth-order valence-electron chi connectivity index (χ4n) is 5.88. The third kappa shape index (κ3) is 43.3. The Morgan fingerprint density at radius 1 is 0.534 bits per heavy atom. The molecule has 10 heteroatoms. The molecule has 0 amide bonds. The molecule has 0 fully saturated rings. The number of allylic oxidation sites excluding steroid dienone is 10. The number of ether oxygens (including phenoxy) is 2. The first-order valence-corrected chi connectivity index (χ1v) is 24.5. The molecule has 2 atom stereocenters. The summed E-state index contributed by atoms with van der Waals surface area (Å²) >= 11 is 0. The summed E-state index contributed by atoms with van der Waals surface area (Å²) in [7, 11) is 1.13. The zero-order valence-electron chi connectivity index (χ0n) is 37.7. The van der Waals surface area contributed by atoms with Crippen molar-refractivity contribution in [3.63, 3.8) is 0 Å². The van der Waals surface area contributed by atoms with Crippen LogP contribution in [0.15, 0.2) is 60.8 Å². The van der Waals surface area contributed by atoms with Crippen LogP contribution in [0.5, 0.6) is 0 Å². The van der Waals surface area contributed by atoms with Crippen LogP contribution in [-0.2, 0) is 32.7 Å². The van der Waals surface area contributed by atoms with Gasteiger partial charge in [-0.1, -0.05) is 152 Å². The van der Waals surface area contributed by atoms with E-state index >= 15 is 0 Å². The normalized spacial score (nSPS) is 14.1. The molecule has 0 heterocycles. The number of carbonyl (C=O) groups excluding carboxylic acids is 2. The molecule has 0 saturated carbocycles. The summed E-state index contributed by atoms with van der Waals surface area (Å²) in [6.07, 6.45) is 48.2. The summed E-state index contributed by atoms with van der Waals surface area (Å²) in [6, 6.07) is 0. The predicted molar refractivity (Wildman–Crippen MR) is 240 cm³/mol. The van der Waals surface area contributed by atoms with E-state index in [-0.39, 0.29) is 26.1 Å². The number of phosphoric acid groups is 1. The molecule has 9 nitrogen and oxygen atoms in total. The first kappa shape index (κ1) is 55.7. The second-order valence-electron chi connectivity index (χ2n) is 16.4. The Morgan fingerprint density at radius 3 is 1.47 bits per heavy atom. The molecule has 0 aromatic carbocycles. The van der Waals surface area contributed by atoms with Crippen molar-refractivity contribution in [1.82, 2.24) is 0 Å². The molecule has 0 aliphatic heterocycles. The summed E-state index contributed by atoms with van der Waals surface area (Å²) in [6.45, 7) is 4.12. The number of hydrogen-bond donors (Lipinski definition) is 0. The maximum absolute atomic E-state index is 12.7. The molecular weight excluding hydrogens is 750 g/mol. The molecule has 0 aliphatic rings. The Morgan fingerprint density at radius 2 is 0.948 bits per heavy atom. The van der Waals surface area contributed by atoms with E-state index in [2.05, 4.69) is 74.6 Å². The van der Waals surface area contributed by atoms with Crippen molar-refractivity contribution < 1.29 is 42.1 Å². The molecule has 0 rings (SSSR count). The van der Waals surface area contributed by atoms with Crippen LogP contribution >= 0.6 is 7.82 Å². The zero-order chi connectivity index (χ0) is 42.8. The number of rotatable bonds is 41. The number of quaternary nitrogens is 1. The molecule has 0 aromatic rings. The lowest BCUT2D eigenvalue weighted by molar-refractivity contribution is -0.870. The summed E-state index contributed by atoms with van der Waals surface area (Å²) in [5.74, 6) is -0.907. The zero-order valence-corrected chi connectivity index (χ0v) is 38.6. The highest BCUT2D eigenvalue weighted by atomic mass is 31.2. The van der Waals surface area contributed by atoms with Crippen LogP contribution in [-0.4, -0.2) is 70.0 Å². The lowest BCUT2D eigenvalue weighted by atomic mass is 10.1. The SMILES string of the molecule is CCCCC/C=C\C/C=C\CCCCCCCCCC(=O)O[C@H](COC(=O)CCC/C=C\C/C=C\C/C=C\CCCCCCCC)COP(=O)([O-])OCC[N+](C)(C)C. The third-order valence-corrected chi connectivity index (χ3v) is 10.5. The van der Waals surface area contributed by atoms with E-state index in [4.69, 9.17) is 18.5 Å². The standard InChI is InChI=1S/C48H86NO8P/c1-6-8-10-12-14-16-18-20-22-24-26-28-30-32-34-36-38-40-47(50)54-44-46(45-56-58(52,53)55-43-42-49(3,4)5)57-48(51)41-39-37-35-33-31-29-27-25-23-21-19-17-15-13-11-9-7-2/h15,17,20-23,26,28,32,34,46H,6-14,16,18-19,24-25,27,29-31,33,35-45H2,1-5H3/b17-15-,22-20-,23-21-,28-26-,34-32-/t46-/m1/s1. The van der Waals surface area contributed by atoms with Gasteiger partial charge in [-0.05, 0) is 77.0 Å². The molecule has 0 aliphatic carbocycles. The maximum Gasteiger partial charge on any atom is 0.306 e. The quantitative estimate of drug-likeness (QED) is 0.0197. The largest absolute Gasteiger partial charge is 0.756 e. The lowest BCUT2D eigenvalue weighted by Crippen LogP contribution is -2.37. The topological polar surface area (TPSA) is 111 Å². The van der Waals surface area contributed by atoms with Gasteiger partial charge in [-0.3, -0.25) is 14.2 Å². The highest BCUT2D eigenvalue weighted by Crippen LogP contribution is 2.38. The molecular formula is C48H86NO8P. The van der Waals surface area contributed by atoms with Crippen LogP contribution in [0.4, 0.5) is 0 Å². The smallest absolute Gasteiger partial charge is 0.306 e. The first-order chi connectivity index (χ1) is 28.0. The molecule has 1 unspecified atom stereocenters. The van der Waals surface area contributed by atoms with Crippen LogP contribution in [0.1, 0.15) is 181 Å². The van der Waals surface area contributed by atoms with Crippen molar-refractivity contribution in [3.8, 4) is 0 Å². The van der Waals surface area contributed by atoms with E-state index < -0.39 is 32.5 Å². The van der Waals surface area contributed by atoms with Gasteiger partial charge in [-0.25, -0.2) is 0 Å². The van der Waals surface area contributed by atoms with Crippen molar-refractivity contribution in [2.24, 2.45) is 0 Å². The van der Waals surface area contributed by atoms with Gasteiger partial charge < -0.3 is 27.9 Å². The number of hydrogen-bond acceptors (Lipinski definition) is 8. The Labute approximate surface area is 356 Å². The average Bonchev–Trinajstić information content (AvgIpc) is 3.17. The number of carbonyl (C=O) groups is 2. The number of phosphoric ester groups is 1. The number of unbranched alkanes of at least 4 members (excludes halogenated alkanes) is 17. The predicted octanol–water partition coefficient (Wildman–Crippen LogP) is 12.6. The van der Waals surface area contributed by atoms with Crippen molar-refractivity contribution in [1.29, 1.82) is 0 Å². The van der Waals surface area contributed by atoms with Gasteiger partial charge in [-0.15, -0.1) is 0 Å². The van der Waals surface area contributed by atoms with Gasteiger partial charge in [0, 0.05) is 12.8 Å². The van der Waals surface area contributed by atoms with Crippen molar-refractivity contribution in [2.45, 2.75) is 187 Å². The number of nitrogens with zero attached hydrogens (tertiary/aromatic N) is 1. The molecule has 0 radical (unpaired) electrons.